The molecule has 0 saturated carbocycles. The van der Waals surface area contributed by atoms with Gasteiger partial charge in [-0.15, -0.1) is 10.2 Å². The van der Waals surface area contributed by atoms with Gasteiger partial charge in [0.25, 0.3) is 5.91 Å². The van der Waals surface area contributed by atoms with Crippen LogP contribution in [0.3, 0.4) is 0 Å². The van der Waals surface area contributed by atoms with Gasteiger partial charge in [-0.05, 0) is 23.8 Å². The number of carbonyl (C=O) groups is 1. The molecular weight excluding hydrogens is 331 g/mol. The standard InChI is InChI=1S/C13H8F3N5OS/c14-13(15,16)11-20-21-12(23-11)19-10(22)8(6-17)5-7-1-3-9(18)4-2-7/h1-5H,18H2,(H,19,21,22)/b8-5+. The van der Waals surface area contributed by atoms with Gasteiger partial charge in [0, 0.05) is 5.69 Å². The molecule has 0 fully saturated rings. The summed E-state index contributed by atoms with van der Waals surface area (Å²) in [5.74, 6) is -0.880. The van der Waals surface area contributed by atoms with Crippen molar-refractivity contribution >= 4 is 34.1 Å². The second-order valence-electron chi connectivity index (χ2n) is 4.20. The second kappa shape index (κ2) is 6.45. The van der Waals surface area contributed by atoms with E-state index in [1.165, 1.54) is 6.08 Å². The zero-order chi connectivity index (χ0) is 17.0. The average Bonchev–Trinajstić information content (AvgIpc) is 2.95. The lowest BCUT2D eigenvalue weighted by molar-refractivity contribution is -0.138. The Kier molecular flexibility index (Phi) is 4.61. The molecule has 0 radical (unpaired) electrons. The Balaban J connectivity index is 2.16. The smallest absolute Gasteiger partial charge is 0.399 e. The zero-order valence-corrected chi connectivity index (χ0v) is 12.1. The van der Waals surface area contributed by atoms with Crippen molar-refractivity contribution in [1.82, 2.24) is 10.2 Å². The molecule has 3 N–H and O–H groups in total. The molecule has 1 heterocycles. The average molecular weight is 339 g/mol. The molecule has 0 saturated heterocycles. The first-order valence-electron chi connectivity index (χ1n) is 5.99. The predicted molar refractivity (Wildman–Crippen MR) is 78.0 cm³/mol. The molecular formula is C13H8F3N5OS. The van der Waals surface area contributed by atoms with Crippen LogP contribution in [-0.4, -0.2) is 16.1 Å². The van der Waals surface area contributed by atoms with Crippen LogP contribution in [0.2, 0.25) is 0 Å². The first-order chi connectivity index (χ1) is 10.8. The van der Waals surface area contributed by atoms with Gasteiger partial charge in [0.2, 0.25) is 10.1 Å². The number of halogens is 3. The summed E-state index contributed by atoms with van der Waals surface area (Å²) < 4.78 is 37.2. The van der Waals surface area contributed by atoms with Crippen LogP contribution < -0.4 is 11.1 Å². The fourth-order valence-corrected chi connectivity index (χ4v) is 2.07. The Morgan fingerprint density at radius 3 is 2.48 bits per heavy atom. The van der Waals surface area contributed by atoms with Crippen LogP contribution in [0.5, 0.6) is 0 Å². The zero-order valence-electron chi connectivity index (χ0n) is 11.3. The first kappa shape index (κ1) is 16.4. The molecule has 1 amide bonds. The third-order valence-corrected chi connectivity index (χ3v) is 3.38. The van der Waals surface area contributed by atoms with E-state index in [1.807, 2.05) is 0 Å². The minimum absolute atomic E-state index is 0.172. The molecule has 0 bridgehead atoms. The lowest BCUT2D eigenvalue weighted by atomic mass is 10.1. The number of nitriles is 1. The van der Waals surface area contributed by atoms with Crippen molar-refractivity contribution in [3.8, 4) is 6.07 Å². The number of alkyl halides is 3. The third kappa shape index (κ3) is 4.27. The first-order valence-corrected chi connectivity index (χ1v) is 6.80. The summed E-state index contributed by atoms with van der Waals surface area (Å²) in [5, 5.41) is 15.7. The van der Waals surface area contributed by atoms with E-state index in [9.17, 15) is 18.0 Å². The molecule has 2 rings (SSSR count). The van der Waals surface area contributed by atoms with Crippen molar-refractivity contribution in [2.45, 2.75) is 6.18 Å². The molecule has 1 aromatic heterocycles. The van der Waals surface area contributed by atoms with Crippen molar-refractivity contribution in [3.05, 3.63) is 40.4 Å². The van der Waals surface area contributed by atoms with Gasteiger partial charge in [-0.2, -0.15) is 18.4 Å². The Morgan fingerprint density at radius 1 is 1.30 bits per heavy atom. The lowest BCUT2D eigenvalue weighted by Crippen LogP contribution is -2.13. The van der Waals surface area contributed by atoms with Gasteiger partial charge in [-0.25, -0.2) is 0 Å². The van der Waals surface area contributed by atoms with Crippen molar-refractivity contribution in [3.63, 3.8) is 0 Å². The number of nitrogens with zero attached hydrogens (tertiary/aromatic N) is 3. The highest BCUT2D eigenvalue weighted by molar-refractivity contribution is 7.15. The maximum absolute atomic E-state index is 12.4. The van der Waals surface area contributed by atoms with Gasteiger partial charge in [-0.3, -0.25) is 10.1 Å². The summed E-state index contributed by atoms with van der Waals surface area (Å²) in [5.41, 5.74) is 6.28. The predicted octanol–water partition coefficient (Wildman–Crippen LogP) is 2.68. The van der Waals surface area contributed by atoms with E-state index in [1.54, 1.807) is 30.3 Å². The van der Waals surface area contributed by atoms with Crippen LogP contribution in [0.15, 0.2) is 29.8 Å². The van der Waals surface area contributed by atoms with Crippen molar-refractivity contribution in [2.75, 3.05) is 11.1 Å². The highest BCUT2D eigenvalue weighted by atomic mass is 32.1. The quantitative estimate of drug-likeness (QED) is 0.508. The van der Waals surface area contributed by atoms with Gasteiger partial charge >= 0.3 is 6.18 Å². The maximum Gasteiger partial charge on any atom is 0.445 e. The van der Waals surface area contributed by atoms with Crippen LogP contribution in [0.1, 0.15) is 10.6 Å². The summed E-state index contributed by atoms with van der Waals surface area (Å²) >= 11 is 0.172. The summed E-state index contributed by atoms with van der Waals surface area (Å²) in [4.78, 5) is 11.9. The number of nitrogens with one attached hydrogen (secondary N) is 1. The van der Waals surface area contributed by atoms with Crippen LogP contribution >= 0.6 is 11.3 Å². The van der Waals surface area contributed by atoms with E-state index in [0.717, 1.165) is 0 Å². The number of hydrogen-bond donors (Lipinski definition) is 2. The number of aromatic nitrogens is 2. The number of rotatable bonds is 3. The van der Waals surface area contributed by atoms with E-state index >= 15 is 0 Å². The Bertz CT molecular complexity index is 789. The molecule has 0 spiro atoms. The Morgan fingerprint density at radius 2 is 1.96 bits per heavy atom. The summed E-state index contributed by atoms with van der Waals surface area (Å²) in [7, 11) is 0. The number of amides is 1. The number of hydrogen-bond acceptors (Lipinski definition) is 6. The molecule has 6 nitrogen and oxygen atoms in total. The molecule has 0 aliphatic rings. The number of anilines is 2. The SMILES string of the molecule is N#C/C(=C\c1ccc(N)cc1)C(=O)Nc1nnc(C(F)(F)F)s1. The van der Waals surface area contributed by atoms with E-state index in [0.29, 0.717) is 11.3 Å². The third-order valence-electron chi connectivity index (χ3n) is 2.50. The largest absolute Gasteiger partial charge is 0.445 e. The summed E-state index contributed by atoms with van der Waals surface area (Å²) in [6.45, 7) is 0. The van der Waals surface area contributed by atoms with Gasteiger partial charge in [0.05, 0.1) is 0 Å². The monoisotopic (exact) mass is 339 g/mol. The number of benzene rings is 1. The van der Waals surface area contributed by atoms with Gasteiger partial charge < -0.3 is 5.73 Å². The minimum Gasteiger partial charge on any atom is -0.399 e. The Labute approximate surface area is 132 Å². The molecule has 118 valence electrons. The van der Waals surface area contributed by atoms with Crippen molar-refractivity contribution in [2.24, 2.45) is 0 Å². The number of nitrogens with two attached hydrogens (primary N) is 1. The molecule has 0 atom stereocenters. The normalized spacial score (nSPS) is 11.8. The minimum atomic E-state index is -4.64. The molecule has 0 unspecified atom stereocenters. The van der Waals surface area contributed by atoms with E-state index in [-0.39, 0.29) is 22.0 Å². The maximum atomic E-state index is 12.4. The fraction of sp³-hybridized carbons (Fsp3) is 0.0769. The molecule has 0 aliphatic carbocycles. The second-order valence-corrected chi connectivity index (χ2v) is 5.18. The molecule has 2 aromatic rings. The van der Waals surface area contributed by atoms with E-state index < -0.39 is 17.1 Å². The van der Waals surface area contributed by atoms with Crippen LogP contribution in [0.25, 0.3) is 6.08 Å². The van der Waals surface area contributed by atoms with E-state index in [4.69, 9.17) is 11.0 Å². The molecule has 0 aliphatic heterocycles. The summed E-state index contributed by atoms with van der Waals surface area (Å²) in [6.07, 6.45) is -3.36. The topological polar surface area (TPSA) is 105 Å². The summed E-state index contributed by atoms with van der Waals surface area (Å²) in [6, 6.07) is 8.02. The number of carbonyl (C=O) groups excluding carboxylic acids is 1. The molecule has 10 heteroatoms. The number of nitrogen functional groups attached to an aromatic ring is 1. The van der Waals surface area contributed by atoms with Gasteiger partial charge in [0.1, 0.15) is 11.6 Å². The Hall–Kier alpha value is -2.93. The van der Waals surface area contributed by atoms with Crippen LogP contribution in [0, 0.1) is 11.3 Å². The van der Waals surface area contributed by atoms with Gasteiger partial charge in [-0.1, -0.05) is 23.5 Å². The van der Waals surface area contributed by atoms with E-state index in [2.05, 4.69) is 15.5 Å². The molecule has 1 aromatic carbocycles. The highest BCUT2D eigenvalue weighted by Gasteiger charge is 2.35. The van der Waals surface area contributed by atoms with Crippen LogP contribution in [0.4, 0.5) is 24.0 Å². The molecule has 23 heavy (non-hydrogen) atoms. The van der Waals surface area contributed by atoms with Gasteiger partial charge in [0.15, 0.2) is 0 Å². The van der Waals surface area contributed by atoms with Crippen molar-refractivity contribution in [1.29, 1.82) is 5.26 Å². The lowest BCUT2D eigenvalue weighted by Gasteiger charge is -2.00. The fourth-order valence-electron chi connectivity index (χ4n) is 1.46. The highest BCUT2D eigenvalue weighted by Crippen LogP contribution is 2.33. The van der Waals surface area contributed by atoms with Crippen LogP contribution in [-0.2, 0) is 11.0 Å². The van der Waals surface area contributed by atoms with Crippen molar-refractivity contribution < 1.29 is 18.0 Å².